The van der Waals surface area contributed by atoms with Crippen LogP contribution in [-0.2, 0) is 4.79 Å². The molecule has 2 heteroatoms. The lowest BCUT2D eigenvalue weighted by Crippen LogP contribution is -2.09. The Kier molecular flexibility index (Phi) is 2.20. The van der Waals surface area contributed by atoms with Gasteiger partial charge in [-0.25, -0.2) is 0 Å². The first-order valence-corrected chi connectivity index (χ1v) is 3.81. The lowest BCUT2D eigenvalue weighted by atomic mass is 10.1. The summed E-state index contributed by atoms with van der Waals surface area (Å²) in [5.41, 5.74) is 1.10. The third-order valence-corrected chi connectivity index (χ3v) is 1.97. The number of hydrogen-bond donors (Lipinski definition) is 0. The van der Waals surface area contributed by atoms with Gasteiger partial charge in [0.25, 0.3) is 0 Å². The molecule has 0 aromatic carbocycles. The van der Waals surface area contributed by atoms with Gasteiger partial charge in [-0.1, -0.05) is 6.92 Å². The number of ketones is 1. The Morgan fingerprint density at radius 1 is 1.60 bits per heavy atom. The first-order chi connectivity index (χ1) is 4.75. The fraction of sp³-hybridized carbons (Fsp3) is 0.750. The molecule has 0 heterocycles. The van der Waals surface area contributed by atoms with Gasteiger partial charge in [-0.15, -0.1) is 0 Å². The van der Waals surface area contributed by atoms with Crippen LogP contribution in [0.1, 0.15) is 26.7 Å². The molecule has 1 unspecified atom stereocenters. The van der Waals surface area contributed by atoms with Crippen LogP contribution in [0.25, 0.3) is 0 Å². The van der Waals surface area contributed by atoms with E-state index >= 15 is 0 Å². The number of nitrogens with zero attached hydrogens (tertiary/aromatic N) is 1. The summed E-state index contributed by atoms with van der Waals surface area (Å²) < 4.78 is 0. The molecule has 10 heavy (non-hydrogen) atoms. The van der Waals surface area contributed by atoms with Gasteiger partial charge in [0.05, 0.1) is 5.92 Å². The Balaban J connectivity index is 2.65. The molecule has 0 saturated heterocycles. The standard InChI is InChI=1S/C8H13NO/c1-3-9-7-4-5-8(10)6(7)2/h6H,3-5H2,1-2H3. The number of hydrogen-bond acceptors (Lipinski definition) is 2. The van der Waals surface area contributed by atoms with E-state index in [1.54, 1.807) is 0 Å². The zero-order valence-electron chi connectivity index (χ0n) is 6.55. The zero-order chi connectivity index (χ0) is 7.56. The molecule has 0 amide bonds. The van der Waals surface area contributed by atoms with E-state index in [0.717, 1.165) is 18.7 Å². The van der Waals surface area contributed by atoms with E-state index in [-0.39, 0.29) is 5.92 Å². The summed E-state index contributed by atoms with van der Waals surface area (Å²) in [5.74, 6) is 0.465. The molecule has 0 aromatic heterocycles. The molecule has 0 N–H and O–H groups in total. The molecular formula is C8H13NO. The number of rotatable bonds is 1. The van der Waals surface area contributed by atoms with E-state index in [1.807, 2.05) is 13.8 Å². The van der Waals surface area contributed by atoms with Gasteiger partial charge in [0.2, 0.25) is 0 Å². The average molecular weight is 139 g/mol. The molecule has 1 fully saturated rings. The summed E-state index contributed by atoms with van der Waals surface area (Å²) in [7, 11) is 0. The fourth-order valence-electron chi connectivity index (χ4n) is 1.29. The molecule has 0 radical (unpaired) electrons. The van der Waals surface area contributed by atoms with Gasteiger partial charge in [0.1, 0.15) is 5.78 Å². The second-order valence-corrected chi connectivity index (χ2v) is 2.65. The van der Waals surface area contributed by atoms with Crippen LogP contribution in [0.15, 0.2) is 4.99 Å². The van der Waals surface area contributed by atoms with Crippen LogP contribution in [-0.4, -0.2) is 18.0 Å². The summed E-state index contributed by atoms with van der Waals surface area (Å²) in [5, 5.41) is 0. The maximum absolute atomic E-state index is 11.0. The van der Waals surface area contributed by atoms with Gasteiger partial charge in [0, 0.05) is 18.7 Å². The highest BCUT2D eigenvalue weighted by Crippen LogP contribution is 2.18. The number of aliphatic imine (C=N–C) groups is 1. The molecule has 1 aliphatic rings. The molecular weight excluding hydrogens is 126 g/mol. The van der Waals surface area contributed by atoms with Crippen molar-refractivity contribution < 1.29 is 4.79 Å². The normalized spacial score (nSPS) is 30.0. The zero-order valence-corrected chi connectivity index (χ0v) is 6.55. The van der Waals surface area contributed by atoms with Gasteiger partial charge in [-0.3, -0.25) is 9.79 Å². The number of carbonyl (C=O) groups is 1. The quantitative estimate of drug-likeness (QED) is 0.540. The molecule has 0 spiro atoms. The Bertz CT molecular complexity index is 172. The van der Waals surface area contributed by atoms with Gasteiger partial charge in [-0.2, -0.15) is 0 Å². The number of Topliss-reactive ketones (excluding diaryl/α,β-unsaturated/α-hetero) is 1. The topological polar surface area (TPSA) is 29.4 Å². The Hall–Kier alpha value is -0.660. The van der Waals surface area contributed by atoms with Gasteiger partial charge >= 0.3 is 0 Å². The number of carbonyl (C=O) groups excluding carboxylic acids is 1. The summed E-state index contributed by atoms with van der Waals surface area (Å²) in [6.07, 6.45) is 1.60. The van der Waals surface area contributed by atoms with Crippen LogP contribution in [0, 0.1) is 5.92 Å². The summed E-state index contributed by atoms with van der Waals surface area (Å²) >= 11 is 0. The summed E-state index contributed by atoms with van der Waals surface area (Å²) in [4.78, 5) is 15.2. The predicted octanol–water partition coefficient (Wildman–Crippen LogP) is 1.45. The molecule has 1 rings (SSSR count). The van der Waals surface area contributed by atoms with Crippen LogP contribution in [0.5, 0.6) is 0 Å². The van der Waals surface area contributed by atoms with Crippen LogP contribution in [0.2, 0.25) is 0 Å². The van der Waals surface area contributed by atoms with Crippen molar-refractivity contribution in [2.24, 2.45) is 10.9 Å². The van der Waals surface area contributed by atoms with Crippen LogP contribution >= 0.6 is 0 Å². The Morgan fingerprint density at radius 2 is 2.30 bits per heavy atom. The molecule has 1 saturated carbocycles. The average Bonchev–Trinajstić information content (AvgIpc) is 2.20. The molecule has 0 bridgehead atoms. The van der Waals surface area contributed by atoms with Crippen molar-refractivity contribution in [2.45, 2.75) is 26.7 Å². The fourth-order valence-corrected chi connectivity index (χ4v) is 1.29. The van der Waals surface area contributed by atoms with Crippen molar-refractivity contribution in [1.82, 2.24) is 0 Å². The highest BCUT2D eigenvalue weighted by atomic mass is 16.1. The van der Waals surface area contributed by atoms with E-state index in [2.05, 4.69) is 4.99 Å². The first kappa shape index (κ1) is 7.45. The van der Waals surface area contributed by atoms with E-state index < -0.39 is 0 Å². The smallest absolute Gasteiger partial charge is 0.141 e. The molecule has 1 atom stereocenters. The summed E-state index contributed by atoms with van der Waals surface area (Å²) in [6, 6.07) is 0. The molecule has 2 nitrogen and oxygen atoms in total. The minimum Gasteiger partial charge on any atom is -0.299 e. The van der Waals surface area contributed by atoms with Crippen molar-refractivity contribution in [1.29, 1.82) is 0 Å². The van der Waals surface area contributed by atoms with Crippen molar-refractivity contribution in [3.63, 3.8) is 0 Å². The first-order valence-electron chi connectivity index (χ1n) is 3.81. The lowest BCUT2D eigenvalue weighted by Gasteiger charge is -1.99. The van der Waals surface area contributed by atoms with Crippen LogP contribution in [0.4, 0.5) is 0 Å². The van der Waals surface area contributed by atoms with Crippen molar-refractivity contribution >= 4 is 11.5 Å². The third kappa shape index (κ3) is 1.25. The third-order valence-electron chi connectivity index (χ3n) is 1.97. The van der Waals surface area contributed by atoms with Crippen molar-refractivity contribution in [3.8, 4) is 0 Å². The van der Waals surface area contributed by atoms with Crippen LogP contribution in [0.3, 0.4) is 0 Å². The van der Waals surface area contributed by atoms with Gasteiger partial charge in [0.15, 0.2) is 0 Å². The minimum absolute atomic E-state index is 0.111. The minimum atomic E-state index is 0.111. The lowest BCUT2D eigenvalue weighted by molar-refractivity contribution is -0.119. The molecule has 0 aromatic rings. The van der Waals surface area contributed by atoms with Crippen molar-refractivity contribution in [3.05, 3.63) is 0 Å². The van der Waals surface area contributed by atoms with Crippen molar-refractivity contribution in [2.75, 3.05) is 6.54 Å². The second kappa shape index (κ2) is 2.95. The summed E-state index contributed by atoms with van der Waals surface area (Å²) in [6.45, 7) is 4.76. The maximum Gasteiger partial charge on any atom is 0.141 e. The van der Waals surface area contributed by atoms with E-state index in [4.69, 9.17) is 0 Å². The van der Waals surface area contributed by atoms with Crippen LogP contribution < -0.4 is 0 Å². The SMILES string of the molecule is CCN=C1CCC(=O)C1C. The molecule has 56 valence electrons. The maximum atomic E-state index is 11.0. The Morgan fingerprint density at radius 3 is 2.70 bits per heavy atom. The van der Waals surface area contributed by atoms with Gasteiger partial charge < -0.3 is 0 Å². The molecule has 0 aliphatic heterocycles. The van der Waals surface area contributed by atoms with Gasteiger partial charge in [-0.05, 0) is 13.3 Å². The monoisotopic (exact) mass is 139 g/mol. The predicted molar refractivity (Wildman–Crippen MR) is 41.4 cm³/mol. The largest absolute Gasteiger partial charge is 0.299 e. The van der Waals surface area contributed by atoms with E-state index in [9.17, 15) is 4.79 Å². The van der Waals surface area contributed by atoms with E-state index in [1.165, 1.54) is 0 Å². The molecule has 1 aliphatic carbocycles. The highest BCUT2D eigenvalue weighted by Gasteiger charge is 2.25. The highest BCUT2D eigenvalue weighted by molar-refractivity contribution is 6.10. The van der Waals surface area contributed by atoms with E-state index in [0.29, 0.717) is 12.2 Å². The second-order valence-electron chi connectivity index (χ2n) is 2.65. The Labute approximate surface area is 61.3 Å².